The van der Waals surface area contributed by atoms with Gasteiger partial charge in [0.25, 0.3) is 0 Å². The first kappa shape index (κ1) is 12.2. The topological polar surface area (TPSA) is 65.1 Å². The minimum atomic E-state index is -0.282. The zero-order valence-corrected chi connectivity index (χ0v) is 12.6. The second-order valence-corrected chi connectivity index (χ2v) is 8.18. The highest BCUT2D eigenvalue weighted by Crippen LogP contribution is 2.67. The monoisotopic (exact) mass is 315 g/mol. The summed E-state index contributed by atoms with van der Waals surface area (Å²) in [7, 11) is 1.61. The molecule has 0 saturated carbocycles. The van der Waals surface area contributed by atoms with Crippen molar-refractivity contribution in [3.05, 3.63) is 12.2 Å². The number of likely N-dealkylation sites (tertiary alicyclic amines) is 1. The molecule has 0 spiro atoms. The van der Waals surface area contributed by atoms with Gasteiger partial charge in [-0.3, -0.25) is 14.5 Å². The molecule has 0 aromatic heterocycles. The lowest BCUT2D eigenvalue weighted by Crippen LogP contribution is -2.52. The first-order chi connectivity index (χ1) is 11.2. The van der Waals surface area contributed by atoms with Crippen LogP contribution < -0.4 is 0 Å². The number of ether oxygens (including phenoxy) is 3. The minimum Gasteiger partial charge on any atom is -0.373 e. The van der Waals surface area contributed by atoms with Gasteiger partial charge in [-0.1, -0.05) is 12.2 Å². The van der Waals surface area contributed by atoms with Crippen molar-refractivity contribution in [2.24, 2.45) is 35.5 Å². The Bertz CT molecular complexity index is 651. The first-order valence-corrected chi connectivity index (χ1v) is 8.63. The van der Waals surface area contributed by atoms with Gasteiger partial charge in [-0.05, 0) is 0 Å². The lowest BCUT2D eigenvalue weighted by Gasteiger charge is -2.39. The molecule has 0 aliphatic carbocycles. The molecular formula is C17H17NO5. The van der Waals surface area contributed by atoms with Gasteiger partial charge >= 0.3 is 0 Å². The summed E-state index contributed by atoms with van der Waals surface area (Å²) in [5.41, 5.74) is 0. The number of carbonyl (C=O) groups excluding carboxylic acids is 2. The van der Waals surface area contributed by atoms with Crippen LogP contribution in [0.1, 0.15) is 0 Å². The van der Waals surface area contributed by atoms with Gasteiger partial charge in [-0.2, -0.15) is 0 Å². The lowest BCUT2D eigenvalue weighted by atomic mass is 9.57. The Morgan fingerprint density at radius 1 is 0.739 bits per heavy atom. The summed E-state index contributed by atoms with van der Waals surface area (Å²) in [6.07, 6.45) is 4.63. The van der Waals surface area contributed by atoms with Crippen molar-refractivity contribution in [2.75, 3.05) is 7.05 Å². The fourth-order valence-corrected chi connectivity index (χ4v) is 7.05. The van der Waals surface area contributed by atoms with Crippen molar-refractivity contribution in [1.82, 2.24) is 4.90 Å². The summed E-state index contributed by atoms with van der Waals surface area (Å²) < 4.78 is 18.7. The predicted octanol–water partition coefficient (Wildman–Crippen LogP) is -0.419. The molecule has 120 valence electrons. The largest absolute Gasteiger partial charge is 0.373 e. The summed E-state index contributed by atoms with van der Waals surface area (Å²) in [5, 5.41) is 0. The zero-order chi connectivity index (χ0) is 15.2. The molecule has 6 heteroatoms. The third-order valence-electron chi connectivity index (χ3n) is 7.68. The van der Waals surface area contributed by atoms with Gasteiger partial charge in [0.1, 0.15) is 0 Å². The number of hydrogen-bond donors (Lipinski definition) is 0. The van der Waals surface area contributed by atoms with Crippen molar-refractivity contribution in [3.63, 3.8) is 0 Å². The maximum Gasteiger partial charge on any atom is 0.235 e. The van der Waals surface area contributed by atoms with E-state index in [0.29, 0.717) is 11.8 Å². The van der Waals surface area contributed by atoms with Gasteiger partial charge in [0, 0.05) is 30.7 Å². The molecule has 7 heterocycles. The van der Waals surface area contributed by atoms with E-state index in [4.69, 9.17) is 14.2 Å². The molecule has 0 N–H and O–H groups in total. The smallest absolute Gasteiger partial charge is 0.235 e. The van der Waals surface area contributed by atoms with E-state index >= 15 is 0 Å². The van der Waals surface area contributed by atoms with E-state index in [9.17, 15) is 9.59 Å². The number of rotatable bonds is 0. The van der Waals surface area contributed by atoms with Crippen molar-refractivity contribution in [1.29, 1.82) is 0 Å². The van der Waals surface area contributed by atoms with Gasteiger partial charge < -0.3 is 14.2 Å². The Labute approximate surface area is 132 Å². The van der Waals surface area contributed by atoms with Gasteiger partial charge in [-0.25, -0.2) is 0 Å². The Morgan fingerprint density at radius 3 is 1.74 bits per heavy atom. The number of carbonyl (C=O) groups is 2. The highest BCUT2D eigenvalue weighted by molar-refractivity contribution is 6.06. The second kappa shape index (κ2) is 3.41. The van der Waals surface area contributed by atoms with Gasteiger partial charge in [0.15, 0.2) is 0 Å². The molecule has 0 aromatic rings. The van der Waals surface area contributed by atoms with E-state index < -0.39 is 0 Å². The van der Waals surface area contributed by atoms with E-state index in [0.717, 1.165) is 0 Å². The Balaban J connectivity index is 1.34. The molecule has 0 unspecified atom stereocenters. The van der Waals surface area contributed by atoms with E-state index in [2.05, 4.69) is 12.2 Å². The van der Waals surface area contributed by atoms with Crippen LogP contribution in [0.15, 0.2) is 12.2 Å². The molecule has 12 atom stereocenters. The number of amides is 2. The third kappa shape index (κ3) is 1.04. The summed E-state index contributed by atoms with van der Waals surface area (Å²) in [6, 6.07) is 0. The van der Waals surface area contributed by atoms with Crippen molar-refractivity contribution in [3.8, 4) is 0 Å². The average molecular weight is 315 g/mol. The number of fused-ring (bicyclic) bond motifs is 19. The quantitative estimate of drug-likeness (QED) is 0.449. The number of hydrogen-bond acceptors (Lipinski definition) is 5. The minimum absolute atomic E-state index is 0.0608. The molecule has 7 aliphatic heterocycles. The molecule has 7 aliphatic rings. The first-order valence-electron chi connectivity index (χ1n) is 8.63. The van der Waals surface area contributed by atoms with Crippen LogP contribution in [-0.4, -0.2) is 60.4 Å². The molecule has 6 saturated heterocycles. The molecule has 6 fully saturated rings. The van der Waals surface area contributed by atoms with Crippen molar-refractivity contribution >= 4 is 11.8 Å². The van der Waals surface area contributed by atoms with E-state index in [1.165, 1.54) is 4.90 Å². The molecular weight excluding hydrogens is 298 g/mol. The maximum absolute atomic E-state index is 12.5. The molecule has 23 heavy (non-hydrogen) atoms. The Hall–Kier alpha value is -1.24. The lowest BCUT2D eigenvalue weighted by molar-refractivity contribution is -0.141. The van der Waals surface area contributed by atoms with Crippen molar-refractivity contribution < 1.29 is 23.8 Å². The number of imide groups is 1. The van der Waals surface area contributed by atoms with Gasteiger partial charge in [0.2, 0.25) is 11.8 Å². The van der Waals surface area contributed by atoms with Crippen LogP contribution >= 0.6 is 0 Å². The van der Waals surface area contributed by atoms with Gasteiger partial charge in [0.05, 0.1) is 48.5 Å². The van der Waals surface area contributed by atoms with Crippen LogP contribution in [0.25, 0.3) is 0 Å². The molecule has 0 radical (unpaired) electrons. The second-order valence-electron chi connectivity index (χ2n) is 8.18. The maximum atomic E-state index is 12.5. The van der Waals surface area contributed by atoms with E-state index in [1.54, 1.807) is 7.05 Å². The zero-order valence-electron chi connectivity index (χ0n) is 12.6. The molecule has 7 rings (SSSR count). The van der Waals surface area contributed by atoms with E-state index in [-0.39, 0.29) is 72.1 Å². The predicted molar refractivity (Wildman–Crippen MR) is 73.8 cm³/mol. The van der Waals surface area contributed by atoms with E-state index in [1.807, 2.05) is 0 Å². The molecule has 2 amide bonds. The van der Waals surface area contributed by atoms with Gasteiger partial charge in [-0.15, -0.1) is 0 Å². The number of nitrogens with zero attached hydrogens (tertiary/aromatic N) is 1. The fraction of sp³-hybridized carbons (Fsp3) is 0.765. The van der Waals surface area contributed by atoms with Crippen LogP contribution in [0, 0.1) is 35.5 Å². The molecule has 6 nitrogen and oxygen atoms in total. The normalized spacial score (nSPS) is 65.9. The van der Waals surface area contributed by atoms with Crippen LogP contribution in [-0.2, 0) is 23.8 Å². The van der Waals surface area contributed by atoms with Crippen molar-refractivity contribution in [2.45, 2.75) is 36.6 Å². The highest BCUT2D eigenvalue weighted by atomic mass is 16.6. The summed E-state index contributed by atoms with van der Waals surface area (Å²) in [5.74, 6) is 0.637. The molecule has 0 aromatic carbocycles. The summed E-state index contributed by atoms with van der Waals surface area (Å²) >= 11 is 0. The highest BCUT2D eigenvalue weighted by Gasteiger charge is 2.78. The summed E-state index contributed by atoms with van der Waals surface area (Å²) in [6.45, 7) is 0. The fourth-order valence-electron chi connectivity index (χ4n) is 7.05. The Morgan fingerprint density at radius 2 is 1.22 bits per heavy atom. The average Bonchev–Trinajstić information content (AvgIpc) is 3.35. The van der Waals surface area contributed by atoms with Crippen LogP contribution in [0.3, 0.4) is 0 Å². The van der Waals surface area contributed by atoms with Crippen LogP contribution in [0.4, 0.5) is 0 Å². The standard InChI is InChI=1S/C17H17NO5/c1-18-16(19)10-11(17(18)20)15-9-8(14(10)23-15)12-6-4-2-3-5(21-4)7(6)13(9)22-12/h2-15H,1H3/t4-,5+,6-,7+,8+,9-,10+,11-,12-,13+,14-,15+. The SMILES string of the molecule is CN1C(=O)[C@@H]2[C@@H]3O[C@H]([C@@H]2C1=O)[C@H]1[C@H]2O[C@@H]([C@@H]31)[C@H]1[C@@H]2[C@@H]2C=C[C@H]1O2. The molecule has 6 bridgehead atoms. The Kier molecular flexibility index (Phi) is 1.80. The summed E-state index contributed by atoms with van der Waals surface area (Å²) in [4.78, 5) is 26.3. The third-order valence-corrected chi connectivity index (χ3v) is 7.68. The van der Waals surface area contributed by atoms with Crippen LogP contribution in [0.5, 0.6) is 0 Å². The van der Waals surface area contributed by atoms with Crippen LogP contribution in [0.2, 0.25) is 0 Å².